The molecule has 2 aromatic carbocycles. The fourth-order valence-electron chi connectivity index (χ4n) is 1.90. The maximum absolute atomic E-state index is 11.7. The van der Waals surface area contributed by atoms with Crippen LogP contribution in [0.15, 0.2) is 48.5 Å². The maximum Gasteiger partial charge on any atom is 0.338 e. The van der Waals surface area contributed by atoms with E-state index < -0.39 is 5.97 Å². The van der Waals surface area contributed by atoms with Gasteiger partial charge in [-0.2, -0.15) is 0 Å². The number of phenols is 1. The molecular weight excluding hydrogens is 318 g/mol. The van der Waals surface area contributed by atoms with Gasteiger partial charge in [0.2, 0.25) is 0 Å². The highest BCUT2D eigenvalue weighted by Gasteiger charge is 2.09. The predicted molar refractivity (Wildman–Crippen MR) is 86.6 cm³/mol. The Kier molecular flexibility index (Phi) is 6.00. The van der Waals surface area contributed by atoms with Crippen molar-refractivity contribution in [3.8, 4) is 5.75 Å². The average Bonchev–Trinajstić information content (AvgIpc) is 2.53. The monoisotopic (exact) mass is 333 g/mol. The van der Waals surface area contributed by atoms with Crippen LogP contribution >= 0.6 is 11.6 Å². The van der Waals surface area contributed by atoms with Crippen LogP contribution < -0.4 is 5.32 Å². The Morgan fingerprint density at radius 1 is 1.13 bits per heavy atom. The molecule has 23 heavy (non-hydrogen) atoms. The van der Waals surface area contributed by atoms with E-state index in [9.17, 15) is 9.59 Å². The highest BCUT2D eigenvalue weighted by atomic mass is 35.5. The number of esters is 1. The van der Waals surface area contributed by atoms with Crippen molar-refractivity contribution in [3.63, 3.8) is 0 Å². The first-order valence-corrected chi connectivity index (χ1v) is 7.39. The van der Waals surface area contributed by atoms with E-state index in [1.807, 2.05) is 18.2 Å². The minimum absolute atomic E-state index is 0.0558. The molecule has 2 aromatic rings. The van der Waals surface area contributed by atoms with Crippen LogP contribution in [-0.2, 0) is 16.0 Å². The number of benzene rings is 2. The van der Waals surface area contributed by atoms with Gasteiger partial charge in [-0.15, -0.1) is 0 Å². The van der Waals surface area contributed by atoms with E-state index in [0.29, 0.717) is 18.0 Å². The molecule has 120 valence electrons. The third-order valence-corrected chi connectivity index (χ3v) is 3.30. The van der Waals surface area contributed by atoms with Crippen LogP contribution in [0.1, 0.15) is 15.9 Å². The summed E-state index contributed by atoms with van der Waals surface area (Å²) in [7, 11) is 0. The second-order valence-electron chi connectivity index (χ2n) is 4.85. The van der Waals surface area contributed by atoms with Gasteiger partial charge >= 0.3 is 5.97 Å². The second-order valence-corrected chi connectivity index (χ2v) is 5.29. The van der Waals surface area contributed by atoms with Gasteiger partial charge in [0.25, 0.3) is 5.91 Å². The van der Waals surface area contributed by atoms with Crippen molar-refractivity contribution in [3.05, 3.63) is 64.7 Å². The number of halogens is 1. The van der Waals surface area contributed by atoms with Crippen LogP contribution in [0.3, 0.4) is 0 Å². The lowest BCUT2D eigenvalue weighted by molar-refractivity contribution is -0.124. The van der Waals surface area contributed by atoms with E-state index in [4.69, 9.17) is 21.4 Å². The molecule has 0 fully saturated rings. The van der Waals surface area contributed by atoms with E-state index >= 15 is 0 Å². The predicted octanol–water partition coefficient (Wildman–Crippen LogP) is 2.56. The zero-order valence-electron chi connectivity index (χ0n) is 12.3. The largest absolute Gasteiger partial charge is 0.508 e. The van der Waals surface area contributed by atoms with Crippen molar-refractivity contribution in [1.82, 2.24) is 5.32 Å². The Morgan fingerprint density at radius 2 is 1.87 bits per heavy atom. The fourth-order valence-corrected chi connectivity index (χ4v) is 2.11. The summed E-state index contributed by atoms with van der Waals surface area (Å²) >= 11 is 5.88. The van der Waals surface area contributed by atoms with Gasteiger partial charge in [0.15, 0.2) is 6.61 Å². The van der Waals surface area contributed by atoms with Gasteiger partial charge in [-0.3, -0.25) is 4.79 Å². The molecule has 0 unspecified atom stereocenters. The van der Waals surface area contributed by atoms with E-state index in [1.54, 1.807) is 6.07 Å². The topological polar surface area (TPSA) is 75.6 Å². The number of aromatic hydroxyl groups is 1. The molecule has 0 bridgehead atoms. The first-order chi connectivity index (χ1) is 11.0. The number of carbonyl (C=O) groups is 2. The summed E-state index contributed by atoms with van der Waals surface area (Å²) in [5.41, 5.74) is 1.29. The molecule has 5 nitrogen and oxygen atoms in total. The number of ether oxygens (including phenoxy) is 1. The number of phenolic OH excluding ortho intramolecular Hbond substituents is 1. The number of hydrogen-bond acceptors (Lipinski definition) is 4. The van der Waals surface area contributed by atoms with Gasteiger partial charge in [-0.25, -0.2) is 4.79 Å². The van der Waals surface area contributed by atoms with Crippen molar-refractivity contribution in [2.24, 2.45) is 0 Å². The molecule has 0 aliphatic rings. The highest BCUT2D eigenvalue weighted by Crippen LogP contribution is 2.11. The molecule has 0 spiro atoms. The quantitative estimate of drug-likeness (QED) is 0.797. The lowest BCUT2D eigenvalue weighted by Gasteiger charge is -2.07. The van der Waals surface area contributed by atoms with E-state index in [0.717, 1.165) is 5.56 Å². The van der Waals surface area contributed by atoms with Gasteiger partial charge in [-0.05, 0) is 48.4 Å². The van der Waals surface area contributed by atoms with Crippen molar-refractivity contribution in [1.29, 1.82) is 0 Å². The third kappa shape index (κ3) is 5.64. The molecule has 6 heteroatoms. The molecule has 0 radical (unpaired) electrons. The van der Waals surface area contributed by atoms with Crippen molar-refractivity contribution in [2.45, 2.75) is 6.42 Å². The Bertz CT molecular complexity index is 685. The Labute approximate surface area is 138 Å². The molecule has 0 saturated heterocycles. The Balaban J connectivity index is 1.70. The number of rotatable bonds is 6. The van der Waals surface area contributed by atoms with Crippen molar-refractivity contribution in [2.75, 3.05) is 13.2 Å². The van der Waals surface area contributed by atoms with E-state index in [-0.39, 0.29) is 23.8 Å². The van der Waals surface area contributed by atoms with Gasteiger partial charge in [0.05, 0.1) is 5.56 Å². The number of hydrogen-bond donors (Lipinski definition) is 2. The zero-order chi connectivity index (χ0) is 16.7. The van der Waals surface area contributed by atoms with Crippen LogP contribution in [0.25, 0.3) is 0 Å². The summed E-state index contributed by atoms with van der Waals surface area (Å²) in [6, 6.07) is 13.0. The Morgan fingerprint density at radius 3 is 2.57 bits per heavy atom. The molecule has 0 aliphatic heterocycles. The Hall–Kier alpha value is -2.53. The molecular formula is C17H16ClNO4. The standard InChI is InChI=1S/C17H16ClNO4/c18-14-3-1-2-12(10-14)8-9-19-16(21)11-23-17(22)13-4-6-15(20)7-5-13/h1-7,10,20H,8-9,11H2,(H,19,21). The van der Waals surface area contributed by atoms with Gasteiger partial charge in [0, 0.05) is 11.6 Å². The normalized spacial score (nSPS) is 10.1. The van der Waals surface area contributed by atoms with Crippen LogP contribution in [0.2, 0.25) is 5.02 Å². The molecule has 0 aromatic heterocycles. The van der Waals surface area contributed by atoms with Gasteiger partial charge in [-0.1, -0.05) is 23.7 Å². The minimum atomic E-state index is -0.616. The van der Waals surface area contributed by atoms with Crippen LogP contribution in [-0.4, -0.2) is 30.1 Å². The lowest BCUT2D eigenvalue weighted by Crippen LogP contribution is -2.30. The molecule has 0 aliphatic carbocycles. The summed E-state index contributed by atoms with van der Waals surface area (Å²) in [5, 5.41) is 12.5. The molecule has 2 N–H and O–H groups in total. The average molecular weight is 334 g/mol. The molecule has 1 amide bonds. The van der Waals surface area contributed by atoms with Gasteiger partial charge in [0.1, 0.15) is 5.75 Å². The van der Waals surface area contributed by atoms with Gasteiger partial charge < -0.3 is 15.2 Å². The summed E-state index contributed by atoms with van der Waals surface area (Å²) in [6.45, 7) is 0.0746. The third-order valence-electron chi connectivity index (χ3n) is 3.06. The smallest absolute Gasteiger partial charge is 0.338 e. The molecule has 0 saturated carbocycles. The molecule has 0 atom stereocenters. The van der Waals surface area contributed by atoms with Crippen molar-refractivity contribution < 1.29 is 19.4 Å². The van der Waals surface area contributed by atoms with Crippen LogP contribution in [0, 0.1) is 0 Å². The number of nitrogens with one attached hydrogen (secondary N) is 1. The minimum Gasteiger partial charge on any atom is -0.508 e. The summed E-state index contributed by atoms with van der Waals surface area (Å²) in [4.78, 5) is 23.3. The molecule has 2 rings (SSSR count). The lowest BCUT2D eigenvalue weighted by atomic mass is 10.1. The molecule has 0 heterocycles. The first-order valence-electron chi connectivity index (χ1n) is 7.02. The first kappa shape index (κ1) is 16.8. The van der Waals surface area contributed by atoms with E-state index in [2.05, 4.69) is 5.32 Å². The number of amides is 1. The van der Waals surface area contributed by atoms with Crippen LogP contribution in [0.5, 0.6) is 5.75 Å². The number of carbonyl (C=O) groups excluding carboxylic acids is 2. The second kappa shape index (κ2) is 8.19. The summed E-state index contributed by atoms with van der Waals surface area (Å²) in [6.07, 6.45) is 0.637. The summed E-state index contributed by atoms with van der Waals surface area (Å²) < 4.78 is 4.90. The van der Waals surface area contributed by atoms with Crippen LogP contribution in [0.4, 0.5) is 0 Å². The maximum atomic E-state index is 11.7. The van der Waals surface area contributed by atoms with E-state index in [1.165, 1.54) is 24.3 Å². The fraction of sp³-hybridized carbons (Fsp3) is 0.176. The summed E-state index contributed by atoms with van der Waals surface area (Å²) in [5.74, 6) is -0.936. The zero-order valence-corrected chi connectivity index (χ0v) is 13.0. The SMILES string of the molecule is O=C(COC(=O)c1ccc(O)cc1)NCCc1cccc(Cl)c1. The highest BCUT2D eigenvalue weighted by molar-refractivity contribution is 6.30. The van der Waals surface area contributed by atoms with Crippen molar-refractivity contribution >= 4 is 23.5 Å².